The van der Waals surface area contributed by atoms with Gasteiger partial charge >= 0.3 is 12.1 Å². The van der Waals surface area contributed by atoms with Crippen LogP contribution in [0.25, 0.3) is 0 Å². The van der Waals surface area contributed by atoms with Crippen LogP contribution in [0.3, 0.4) is 0 Å². The van der Waals surface area contributed by atoms with Crippen LogP contribution < -0.4 is 10.6 Å². The maximum absolute atomic E-state index is 13.2. The molecule has 0 aromatic heterocycles. The Morgan fingerprint density at radius 2 is 1.96 bits per heavy atom. The van der Waals surface area contributed by atoms with Gasteiger partial charge in [0.15, 0.2) is 0 Å². The Balaban J connectivity index is 2.75. The number of nitrogens with one attached hydrogen (secondary N) is 2. The molecule has 1 heterocycles. The van der Waals surface area contributed by atoms with Crippen molar-refractivity contribution in [1.82, 2.24) is 10.6 Å². The largest absolute Gasteiger partial charge is 0.463 e. The van der Waals surface area contributed by atoms with Gasteiger partial charge in [-0.2, -0.15) is 13.2 Å². The number of carbonyl (C=O) groups is 2. The number of hydrogen-bond acceptors (Lipinski definition) is 5. The highest BCUT2D eigenvalue weighted by atomic mass is 19.4. The van der Waals surface area contributed by atoms with Crippen LogP contribution in [0.2, 0.25) is 0 Å². The number of allylic oxidation sites excluding steroid dienone is 1. The van der Waals surface area contributed by atoms with E-state index in [1.807, 2.05) is 0 Å². The van der Waals surface area contributed by atoms with Crippen molar-refractivity contribution >= 4 is 11.9 Å². The van der Waals surface area contributed by atoms with Crippen LogP contribution in [0.1, 0.15) is 30.9 Å². The van der Waals surface area contributed by atoms with E-state index in [-0.39, 0.29) is 34.7 Å². The minimum absolute atomic E-state index is 0.0111. The fourth-order valence-corrected chi connectivity index (χ4v) is 3.13. The van der Waals surface area contributed by atoms with Crippen molar-refractivity contribution in [3.05, 3.63) is 57.9 Å². The van der Waals surface area contributed by atoms with Crippen LogP contribution in [-0.2, 0) is 20.5 Å². The monoisotopic (exact) mass is 398 g/mol. The summed E-state index contributed by atoms with van der Waals surface area (Å²) >= 11 is 0. The van der Waals surface area contributed by atoms with Gasteiger partial charge in [0.25, 0.3) is 0 Å². The molecule has 0 saturated heterocycles. The van der Waals surface area contributed by atoms with Gasteiger partial charge in [0.1, 0.15) is 0 Å². The molecule has 0 aliphatic carbocycles. The Labute approximate surface area is 160 Å². The number of amides is 1. The van der Waals surface area contributed by atoms with Crippen LogP contribution in [0.5, 0.6) is 0 Å². The molecule has 28 heavy (non-hydrogen) atoms. The van der Waals surface area contributed by atoms with Crippen molar-refractivity contribution in [3.8, 4) is 0 Å². The average Bonchev–Trinajstić information content (AvgIpc) is 2.65. The van der Waals surface area contributed by atoms with Crippen molar-refractivity contribution in [1.29, 1.82) is 0 Å². The number of esters is 1. The topological polar surface area (TPSA) is 87.7 Å². The maximum atomic E-state index is 13.2. The molecule has 1 atom stereocenters. The molecular weight excluding hydrogens is 377 g/mol. The Morgan fingerprint density at radius 1 is 1.29 bits per heavy atom. The number of benzene rings is 1. The van der Waals surface area contributed by atoms with Gasteiger partial charge in [0.05, 0.1) is 41.5 Å². The lowest BCUT2D eigenvalue weighted by molar-refractivity contribution is -0.139. The molecule has 1 aliphatic heterocycles. The minimum Gasteiger partial charge on any atom is -0.463 e. The predicted octanol–water partition coefficient (Wildman–Crippen LogP) is 2.22. The SMILES string of the molecule is CCOC(=O)C1=C(C)NC(CO)=C(C(=O)NC)C1c1cccc(C(F)(F)F)c1. The van der Waals surface area contributed by atoms with Gasteiger partial charge in [0.2, 0.25) is 5.91 Å². The highest BCUT2D eigenvalue weighted by Crippen LogP contribution is 2.40. The molecule has 1 amide bonds. The molecule has 9 heteroatoms. The average molecular weight is 398 g/mol. The summed E-state index contributed by atoms with van der Waals surface area (Å²) in [5.74, 6) is -2.52. The second kappa shape index (κ2) is 8.47. The van der Waals surface area contributed by atoms with Crippen molar-refractivity contribution in [2.75, 3.05) is 20.3 Å². The second-order valence-electron chi connectivity index (χ2n) is 6.07. The molecule has 0 fully saturated rings. The second-order valence-corrected chi connectivity index (χ2v) is 6.07. The molecule has 0 saturated carbocycles. The van der Waals surface area contributed by atoms with E-state index >= 15 is 0 Å². The van der Waals surface area contributed by atoms with Gasteiger partial charge < -0.3 is 20.5 Å². The first-order valence-corrected chi connectivity index (χ1v) is 8.53. The molecule has 3 N–H and O–H groups in total. The summed E-state index contributed by atoms with van der Waals surface area (Å²) < 4.78 is 44.7. The zero-order valence-electron chi connectivity index (χ0n) is 15.6. The summed E-state index contributed by atoms with van der Waals surface area (Å²) in [6.07, 6.45) is -4.59. The van der Waals surface area contributed by atoms with E-state index in [4.69, 9.17) is 4.74 Å². The van der Waals surface area contributed by atoms with E-state index in [9.17, 15) is 27.9 Å². The molecule has 0 spiro atoms. The first-order valence-electron chi connectivity index (χ1n) is 8.53. The van der Waals surface area contributed by atoms with E-state index in [2.05, 4.69) is 10.6 Å². The highest BCUT2D eigenvalue weighted by molar-refractivity contribution is 6.02. The number of carbonyl (C=O) groups excluding carboxylic acids is 2. The van der Waals surface area contributed by atoms with Crippen LogP contribution in [0.4, 0.5) is 13.2 Å². The number of ether oxygens (including phenoxy) is 1. The lowest BCUT2D eigenvalue weighted by atomic mass is 9.79. The molecular formula is C19H21F3N2O4. The molecule has 2 rings (SSSR count). The van der Waals surface area contributed by atoms with Gasteiger partial charge in [-0.15, -0.1) is 0 Å². The molecule has 1 aliphatic rings. The first kappa shape index (κ1) is 21.5. The number of likely N-dealkylation sites (N-methyl/N-ethyl adjacent to an activating group) is 1. The van der Waals surface area contributed by atoms with Crippen molar-refractivity contribution < 1.29 is 32.6 Å². The summed E-state index contributed by atoms with van der Waals surface area (Å²) in [5.41, 5.74) is -0.464. The van der Waals surface area contributed by atoms with E-state index in [1.165, 1.54) is 26.1 Å². The Morgan fingerprint density at radius 3 is 2.50 bits per heavy atom. The normalized spacial score (nSPS) is 17.3. The number of dihydropyridines is 1. The maximum Gasteiger partial charge on any atom is 0.416 e. The van der Waals surface area contributed by atoms with Crippen LogP contribution in [-0.4, -0.2) is 37.2 Å². The third-order valence-electron chi connectivity index (χ3n) is 4.32. The zero-order chi connectivity index (χ0) is 21.1. The van der Waals surface area contributed by atoms with Crippen LogP contribution in [0.15, 0.2) is 46.8 Å². The smallest absolute Gasteiger partial charge is 0.416 e. The van der Waals surface area contributed by atoms with Crippen LogP contribution in [0, 0.1) is 0 Å². The van der Waals surface area contributed by atoms with E-state index in [1.54, 1.807) is 6.92 Å². The summed E-state index contributed by atoms with van der Waals surface area (Å²) in [4.78, 5) is 25.1. The number of rotatable bonds is 5. The Bertz CT molecular complexity index is 844. The fraction of sp³-hybridized carbons (Fsp3) is 0.368. The number of hydrogen-bond donors (Lipinski definition) is 3. The fourth-order valence-electron chi connectivity index (χ4n) is 3.13. The van der Waals surface area contributed by atoms with E-state index in [0.717, 1.165) is 12.1 Å². The van der Waals surface area contributed by atoms with Gasteiger partial charge in [-0.1, -0.05) is 18.2 Å². The number of alkyl halides is 3. The number of halogens is 3. The summed E-state index contributed by atoms with van der Waals surface area (Å²) in [6, 6.07) is 4.40. The highest BCUT2D eigenvalue weighted by Gasteiger charge is 2.39. The van der Waals surface area contributed by atoms with Crippen molar-refractivity contribution in [3.63, 3.8) is 0 Å². The Hall–Kier alpha value is -2.81. The summed E-state index contributed by atoms with van der Waals surface area (Å²) in [7, 11) is 1.35. The molecule has 0 radical (unpaired) electrons. The van der Waals surface area contributed by atoms with E-state index < -0.39 is 36.1 Å². The van der Waals surface area contributed by atoms with Crippen molar-refractivity contribution in [2.45, 2.75) is 25.9 Å². The third-order valence-corrected chi connectivity index (χ3v) is 4.32. The lowest BCUT2D eigenvalue weighted by Crippen LogP contribution is -2.37. The molecule has 0 bridgehead atoms. The van der Waals surface area contributed by atoms with Gasteiger partial charge in [-0.25, -0.2) is 4.79 Å². The standard InChI is InChI=1S/C19H21F3N2O4/c1-4-28-18(27)14-10(2)24-13(9-25)16(17(26)23-3)15(14)11-6-5-7-12(8-11)19(20,21)22/h5-8,15,24-25H,4,9H2,1-3H3,(H,23,26). The molecule has 152 valence electrons. The molecule has 1 unspecified atom stereocenters. The van der Waals surface area contributed by atoms with E-state index in [0.29, 0.717) is 0 Å². The van der Waals surface area contributed by atoms with Gasteiger partial charge in [-0.3, -0.25) is 4.79 Å². The zero-order valence-corrected chi connectivity index (χ0v) is 15.6. The molecule has 1 aromatic carbocycles. The number of aliphatic hydroxyl groups is 1. The molecule has 1 aromatic rings. The van der Waals surface area contributed by atoms with Gasteiger partial charge in [-0.05, 0) is 25.5 Å². The number of aliphatic hydroxyl groups excluding tert-OH is 1. The van der Waals surface area contributed by atoms with Gasteiger partial charge in [0, 0.05) is 12.7 Å². The van der Waals surface area contributed by atoms with Crippen molar-refractivity contribution in [2.24, 2.45) is 0 Å². The lowest BCUT2D eigenvalue weighted by Gasteiger charge is -2.31. The molecule has 6 nitrogen and oxygen atoms in total. The minimum atomic E-state index is -4.59. The quantitative estimate of drug-likeness (QED) is 0.662. The third kappa shape index (κ3) is 4.19. The first-order chi connectivity index (χ1) is 13.1. The Kier molecular flexibility index (Phi) is 6.50. The summed E-state index contributed by atoms with van der Waals surface area (Å²) in [6.45, 7) is 2.61. The predicted molar refractivity (Wildman–Crippen MR) is 94.8 cm³/mol. The summed E-state index contributed by atoms with van der Waals surface area (Å²) in [5, 5.41) is 14.9. The van der Waals surface area contributed by atoms with Crippen LogP contribution >= 0.6 is 0 Å².